The van der Waals surface area contributed by atoms with E-state index in [0.717, 1.165) is 27.6 Å². The van der Waals surface area contributed by atoms with E-state index < -0.39 is 12.0 Å². The maximum absolute atomic E-state index is 13.3. The van der Waals surface area contributed by atoms with Gasteiger partial charge in [0.25, 0.3) is 0 Å². The molecule has 0 spiro atoms. The largest absolute Gasteiger partial charge is 0.496 e. The monoisotopic (exact) mass is 427 g/mol. The van der Waals surface area contributed by atoms with Crippen molar-refractivity contribution in [3.63, 3.8) is 0 Å². The molecule has 5 rings (SSSR count). The molecule has 1 N–H and O–H groups in total. The van der Waals surface area contributed by atoms with Crippen LogP contribution in [0.4, 0.5) is 5.95 Å². The van der Waals surface area contributed by atoms with Crippen LogP contribution in [0.3, 0.4) is 0 Å². The maximum atomic E-state index is 13.3. The maximum Gasteiger partial charge on any atom is 0.338 e. The van der Waals surface area contributed by atoms with Gasteiger partial charge in [0.15, 0.2) is 0 Å². The van der Waals surface area contributed by atoms with Crippen molar-refractivity contribution < 1.29 is 14.3 Å². The highest BCUT2D eigenvalue weighted by Crippen LogP contribution is 2.40. The first-order valence-electron chi connectivity index (χ1n) is 10.2. The lowest BCUT2D eigenvalue weighted by Crippen LogP contribution is -2.29. The fourth-order valence-electron chi connectivity index (χ4n) is 4.08. The molecule has 0 bridgehead atoms. The molecule has 1 aromatic heterocycles. The second-order valence-electron chi connectivity index (χ2n) is 7.48. The molecule has 0 aliphatic carbocycles. The van der Waals surface area contributed by atoms with Crippen molar-refractivity contribution in [1.82, 2.24) is 20.2 Å². The van der Waals surface area contributed by atoms with Crippen LogP contribution >= 0.6 is 0 Å². The zero-order chi connectivity index (χ0) is 22.1. The number of benzene rings is 3. The van der Waals surface area contributed by atoms with Crippen molar-refractivity contribution >= 4 is 22.7 Å². The average molecular weight is 427 g/mol. The predicted molar refractivity (Wildman–Crippen MR) is 119 cm³/mol. The molecule has 0 saturated heterocycles. The number of hydrogen-bond donors (Lipinski definition) is 1. The van der Waals surface area contributed by atoms with E-state index in [-0.39, 0.29) is 6.61 Å². The normalized spacial score (nSPS) is 15.2. The number of allylic oxidation sites excluding steroid dienone is 1. The summed E-state index contributed by atoms with van der Waals surface area (Å²) < 4.78 is 12.9. The molecule has 1 aliphatic rings. The Balaban J connectivity index is 1.61. The molecule has 160 valence electrons. The Morgan fingerprint density at radius 3 is 2.56 bits per heavy atom. The van der Waals surface area contributed by atoms with Crippen LogP contribution in [0.25, 0.3) is 10.8 Å². The van der Waals surface area contributed by atoms with E-state index in [2.05, 4.69) is 20.8 Å². The van der Waals surface area contributed by atoms with Gasteiger partial charge < -0.3 is 14.8 Å². The number of esters is 1. The molecule has 3 aromatic carbocycles. The first kappa shape index (κ1) is 19.7. The number of tetrazole rings is 1. The number of nitrogens with one attached hydrogen (secondary N) is 1. The number of hydrogen-bond acceptors (Lipinski definition) is 7. The average Bonchev–Trinajstić information content (AvgIpc) is 3.30. The van der Waals surface area contributed by atoms with E-state index in [4.69, 9.17) is 9.47 Å². The van der Waals surface area contributed by atoms with E-state index in [1.54, 1.807) is 11.8 Å². The minimum Gasteiger partial charge on any atom is -0.496 e. The predicted octanol–water partition coefficient (Wildman–Crippen LogP) is 3.87. The molecule has 8 nitrogen and oxygen atoms in total. The van der Waals surface area contributed by atoms with Crippen LogP contribution in [-0.2, 0) is 16.1 Å². The summed E-state index contributed by atoms with van der Waals surface area (Å²) in [6, 6.07) is 20.8. The molecule has 2 heterocycles. The number of carbonyl (C=O) groups is 1. The van der Waals surface area contributed by atoms with Gasteiger partial charge >= 0.3 is 5.97 Å². The van der Waals surface area contributed by atoms with Crippen molar-refractivity contribution in [2.45, 2.75) is 19.6 Å². The van der Waals surface area contributed by atoms with Gasteiger partial charge in [-0.05, 0) is 39.9 Å². The Bertz CT molecular complexity index is 1330. The molecule has 4 aromatic rings. The van der Waals surface area contributed by atoms with Gasteiger partial charge in [0.2, 0.25) is 5.95 Å². The Labute approximate surface area is 184 Å². The van der Waals surface area contributed by atoms with Gasteiger partial charge in [-0.3, -0.25) is 0 Å². The third-order valence-electron chi connectivity index (χ3n) is 5.58. The highest BCUT2D eigenvalue weighted by atomic mass is 16.5. The van der Waals surface area contributed by atoms with Gasteiger partial charge in [-0.25, -0.2) is 4.79 Å². The Morgan fingerprint density at radius 2 is 1.78 bits per heavy atom. The van der Waals surface area contributed by atoms with E-state index in [1.807, 2.05) is 73.7 Å². The summed E-state index contributed by atoms with van der Waals surface area (Å²) in [5.41, 5.74) is 2.89. The molecule has 32 heavy (non-hydrogen) atoms. The molecule has 1 atom stereocenters. The summed E-state index contributed by atoms with van der Waals surface area (Å²) in [4.78, 5) is 13.3. The lowest BCUT2D eigenvalue weighted by Gasteiger charge is -2.28. The number of fused-ring (bicyclic) bond motifs is 2. The second-order valence-corrected chi connectivity index (χ2v) is 7.48. The summed E-state index contributed by atoms with van der Waals surface area (Å²) >= 11 is 0. The summed E-state index contributed by atoms with van der Waals surface area (Å²) in [7, 11) is 1.64. The number of aromatic nitrogens is 4. The standard InChI is InChI=1S/C24H21N5O3/c1-15-21(23(30)32-14-16-8-4-3-5-9-16)22(29-24(25-15)26-27-28-29)19-12-13-20(31-2)18-11-7-6-10-17(18)19/h3-13,22H,14H2,1-2H3,(H,25,26,28). The SMILES string of the molecule is COc1ccc(C2C(C(=O)OCc3ccccc3)=C(C)Nc3nnnn32)c2ccccc12. The van der Waals surface area contributed by atoms with Crippen LogP contribution in [0.5, 0.6) is 5.75 Å². The molecule has 0 fully saturated rings. The summed E-state index contributed by atoms with van der Waals surface area (Å²) in [6.07, 6.45) is 0. The van der Waals surface area contributed by atoms with E-state index in [9.17, 15) is 4.79 Å². The molecule has 0 radical (unpaired) electrons. The molecule has 1 aliphatic heterocycles. The summed E-state index contributed by atoms with van der Waals surface area (Å²) in [5.74, 6) is 0.793. The fraction of sp³-hybridized carbons (Fsp3) is 0.167. The van der Waals surface area contributed by atoms with Crippen LogP contribution < -0.4 is 10.1 Å². The van der Waals surface area contributed by atoms with Crippen molar-refractivity contribution in [3.8, 4) is 5.75 Å². The quantitative estimate of drug-likeness (QED) is 0.484. The number of ether oxygens (including phenoxy) is 2. The van der Waals surface area contributed by atoms with Gasteiger partial charge in [0.05, 0.1) is 12.7 Å². The van der Waals surface area contributed by atoms with E-state index in [1.165, 1.54) is 0 Å². The van der Waals surface area contributed by atoms with Crippen LogP contribution in [0.2, 0.25) is 0 Å². The van der Waals surface area contributed by atoms with Crippen molar-refractivity contribution in [3.05, 3.63) is 89.1 Å². The van der Waals surface area contributed by atoms with Crippen LogP contribution in [0, 0.1) is 0 Å². The third kappa shape index (κ3) is 3.35. The number of nitrogens with zero attached hydrogens (tertiary/aromatic N) is 4. The minimum atomic E-state index is -0.555. The first-order valence-corrected chi connectivity index (χ1v) is 10.2. The molecule has 0 amide bonds. The lowest BCUT2D eigenvalue weighted by atomic mass is 9.91. The molecular weight excluding hydrogens is 406 g/mol. The first-order chi connectivity index (χ1) is 15.7. The highest BCUT2D eigenvalue weighted by molar-refractivity contribution is 5.96. The molecule has 1 unspecified atom stereocenters. The number of methoxy groups -OCH3 is 1. The highest BCUT2D eigenvalue weighted by Gasteiger charge is 2.36. The minimum absolute atomic E-state index is 0.176. The zero-order valence-electron chi connectivity index (χ0n) is 17.6. The van der Waals surface area contributed by atoms with Gasteiger partial charge in [0, 0.05) is 11.1 Å². The lowest BCUT2D eigenvalue weighted by molar-refractivity contribution is -0.140. The van der Waals surface area contributed by atoms with Crippen molar-refractivity contribution in [2.24, 2.45) is 0 Å². The summed E-state index contributed by atoms with van der Waals surface area (Å²) in [5, 5.41) is 17.1. The van der Waals surface area contributed by atoms with Crippen LogP contribution in [-0.4, -0.2) is 33.3 Å². The second kappa shape index (κ2) is 8.14. The van der Waals surface area contributed by atoms with Gasteiger partial charge in [0.1, 0.15) is 18.4 Å². The smallest absolute Gasteiger partial charge is 0.338 e. The Hall–Kier alpha value is -4.20. The molecule has 0 saturated carbocycles. The number of anilines is 1. The Morgan fingerprint density at radius 1 is 1.03 bits per heavy atom. The van der Waals surface area contributed by atoms with Gasteiger partial charge in [-0.2, -0.15) is 4.68 Å². The fourth-order valence-corrected chi connectivity index (χ4v) is 4.08. The van der Waals surface area contributed by atoms with E-state index >= 15 is 0 Å². The number of rotatable bonds is 5. The van der Waals surface area contributed by atoms with E-state index in [0.29, 0.717) is 17.2 Å². The van der Waals surface area contributed by atoms with Crippen molar-refractivity contribution in [1.29, 1.82) is 0 Å². The van der Waals surface area contributed by atoms with Crippen LogP contribution in [0.1, 0.15) is 24.1 Å². The van der Waals surface area contributed by atoms with Crippen LogP contribution in [0.15, 0.2) is 78.0 Å². The van der Waals surface area contributed by atoms with Gasteiger partial charge in [-0.1, -0.05) is 65.8 Å². The zero-order valence-corrected chi connectivity index (χ0v) is 17.6. The third-order valence-corrected chi connectivity index (χ3v) is 5.58. The Kier molecular flexibility index (Phi) is 5.03. The number of carbonyl (C=O) groups excluding carboxylic acids is 1. The van der Waals surface area contributed by atoms with Gasteiger partial charge in [-0.15, -0.1) is 0 Å². The van der Waals surface area contributed by atoms with Crippen molar-refractivity contribution in [2.75, 3.05) is 12.4 Å². The topological polar surface area (TPSA) is 91.2 Å². The molecule has 8 heteroatoms. The summed E-state index contributed by atoms with van der Waals surface area (Å²) in [6.45, 7) is 2.00. The molecular formula is C24H21N5O3.